The molecule has 1 N–H and O–H groups in total. The van der Waals surface area contributed by atoms with Gasteiger partial charge in [0.05, 0.1) is 4.90 Å². The number of carbonyl (C=O) groups excluding carboxylic acids is 1. The Morgan fingerprint density at radius 2 is 1.56 bits per heavy atom. The van der Waals surface area contributed by atoms with Crippen LogP contribution in [-0.2, 0) is 10.0 Å². The molecule has 146 valence electrons. The van der Waals surface area contributed by atoms with Gasteiger partial charge in [-0.15, -0.1) is 0 Å². The first-order chi connectivity index (χ1) is 12.9. The quantitative estimate of drug-likeness (QED) is 0.716. The third kappa shape index (κ3) is 5.30. The van der Waals surface area contributed by atoms with Crippen molar-refractivity contribution in [1.82, 2.24) is 9.62 Å². The fraction of sp³-hybridized carbons (Fsp3) is 0.350. The summed E-state index contributed by atoms with van der Waals surface area (Å²) in [5.74, 6) is -0.219. The van der Waals surface area contributed by atoms with E-state index in [9.17, 15) is 13.2 Å². The van der Waals surface area contributed by atoms with Crippen molar-refractivity contribution in [3.63, 3.8) is 0 Å². The maximum atomic E-state index is 12.5. The highest BCUT2D eigenvalue weighted by Crippen LogP contribution is 2.16. The van der Waals surface area contributed by atoms with Crippen molar-refractivity contribution in [3.8, 4) is 0 Å². The molecule has 27 heavy (non-hydrogen) atoms. The van der Waals surface area contributed by atoms with E-state index in [1.165, 1.54) is 16.4 Å². The molecule has 0 atom stereocenters. The van der Waals surface area contributed by atoms with Crippen LogP contribution in [0.3, 0.4) is 0 Å². The minimum atomic E-state index is -3.51. The van der Waals surface area contributed by atoms with Crippen LogP contribution >= 0.6 is 0 Å². The average Bonchev–Trinajstić information content (AvgIpc) is 2.69. The molecule has 2 aromatic rings. The highest BCUT2D eigenvalue weighted by molar-refractivity contribution is 7.89. The molecule has 0 radical (unpaired) electrons. The van der Waals surface area contributed by atoms with Crippen LogP contribution in [0.2, 0.25) is 0 Å². The van der Waals surface area contributed by atoms with Gasteiger partial charge < -0.3 is 10.2 Å². The monoisotopic (exact) mass is 389 g/mol. The molecule has 0 aliphatic rings. The summed E-state index contributed by atoms with van der Waals surface area (Å²) >= 11 is 0. The van der Waals surface area contributed by atoms with Gasteiger partial charge in [-0.3, -0.25) is 4.79 Å². The highest BCUT2D eigenvalue weighted by Gasteiger charge is 2.21. The van der Waals surface area contributed by atoms with Crippen LogP contribution < -0.4 is 10.2 Å². The predicted octanol–water partition coefficient (Wildman–Crippen LogP) is 2.58. The van der Waals surface area contributed by atoms with Crippen molar-refractivity contribution in [3.05, 3.63) is 60.2 Å². The van der Waals surface area contributed by atoms with Gasteiger partial charge in [-0.25, -0.2) is 8.42 Å². The number of nitrogens with one attached hydrogen (secondary N) is 1. The van der Waals surface area contributed by atoms with Crippen molar-refractivity contribution in [2.45, 2.75) is 18.7 Å². The van der Waals surface area contributed by atoms with E-state index in [0.717, 1.165) is 5.69 Å². The largest absolute Gasteiger partial charge is 0.373 e. The number of hydrogen-bond acceptors (Lipinski definition) is 4. The molecule has 0 saturated heterocycles. The van der Waals surface area contributed by atoms with Crippen LogP contribution in [-0.4, -0.2) is 51.9 Å². The van der Waals surface area contributed by atoms with Gasteiger partial charge in [0.25, 0.3) is 5.91 Å². The van der Waals surface area contributed by atoms with Gasteiger partial charge in [-0.05, 0) is 36.4 Å². The highest BCUT2D eigenvalue weighted by atomic mass is 32.2. The Balaban J connectivity index is 1.94. The number of para-hydroxylation sites is 1. The van der Waals surface area contributed by atoms with Crippen LogP contribution in [0.5, 0.6) is 0 Å². The normalized spacial score (nSPS) is 11.4. The lowest BCUT2D eigenvalue weighted by Crippen LogP contribution is -2.33. The molecule has 7 heteroatoms. The topological polar surface area (TPSA) is 69.7 Å². The number of sulfonamides is 1. The first-order valence-electron chi connectivity index (χ1n) is 9.04. The lowest BCUT2D eigenvalue weighted by molar-refractivity contribution is 0.0954. The molecule has 0 aliphatic carbocycles. The second-order valence-electron chi connectivity index (χ2n) is 6.13. The maximum absolute atomic E-state index is 12.5. The Labute approximate surface area is 161 Å². The molecule has 0 aliphatic heterocycles. The van der Waals surface area contributed by atoms with Crippen molar-refractivity contribution in [2.24, 2.45) is 0 Å². The smallest absolute Gasteiger partial charge is 0.251 e. The molecule has 6 nitrogen and oxygen atoms in total. The summed E-state index contributed by atoms with van der Waals surface area (Å²) < 4.78 is 26.3. The zero-order valence-electron chi connectivity index (χ0n) is 16.1. The number of carbonyl (C=O) groups is 1. The summed E-state index contributed by atoms with van der Waals surface area (Å²) in [6, 6.07) is 16.0. The summed E-state index contributed by atoms with van der Waals surface area (Å²) in [6.45, 7) is 5.59. The van der Waals surface area contributed by atoms with Gasteiger partial charge in [0, 0.05) is 44.5 Å². The van der Waals surface area contributed by atoms with E-state index in [1.807, 2.05) is 37.4 Å². The Kier molecular flexibility index (Phi) is 7.38. The van der Waals surface area contributed by atoms with Crippen molar-refractivity contribution >= 4 is 21.6 Å². The summed E-state index contributed by atoms with van der Waals surface area (Å²) in [6.07, 6.45) is 0. The van der Waals surface area contributed by atoms with E-state index >= 15 is 0 Å². The average molecular weight is 390 g/mol. The van der Waals surface area contributed by atoms with Crippen molar-refractivity contribution in [1.29, 1.82) is 0 Å². The zero-order chi connectivity index (χ0) is 19.9. The molecule has 0 aromatic heterocycles. The van der Waals surface area contributed by atoms with E-state index in [-0.39, 0.29) is 10.8 Å². The second-order valence-corrected chi connectivity index (χ2v) is 8.06. The Morgan fingerprint density at radius 3 is 2.11 bits per heavy atom. The standard InChI is InChI=1S/C20H27N3O3S/c1-4-23(5-2)27(25,26)19-13-11-17(12-14-19)20(24)21-15-16-22(3)18-9-7-6-8-10-18/h6-14H,4-5,15-16H2,1-3H3,(H,21,24). The minimum Gasteiger partial charge on any atom is -0.373 e. The fourth-order valence-corrected chi connectivity index (χ4v) is 4.20. The molecule has 0 unspecified atom stereocenters. The van der Waals surface area contributed by atoms with Crippen LogP contribution in [0.25, 0.3) is 0 Å². The van der Waals surface area contributed by atoms with Crippen LogP contribution in [0, 0.1) is 0 Å². The van der Waals surface area contributed by atoms with Crippen LogP contribution in [0.4, 0.5) is 5.69 Å². The Hall–Kier alpha value is -2.38. The zero-order valence-corrected chi connectivity index (χ0v) is 16.9. The maximum Gasteiger partial charge on any atom is 0.251 e. The molecule has 0 fully saturated rings. The summed E-state index contributed by atoms with van der Waals surface area (Å²) in [7, 11) is -1.54. The van der Waals surface area contributed by atoms with E-state index in [1.54, 1.807) is 26.0 Å². The number of amides is 1. The van der Waals surface area contributed by atoms with Crippen molar-refractivity contribution in [2.75, 3.05) is 38.1 Å². The summed E-state index contributed by atoms with van der Waals surface area (Å²) in [5.41, 5.74) is 1.52. The first-order valence-corrected chi connectivity index (χ1v) is 10.5. The number of anilines is 1. The summed E-state index contributed by atoms with van der Waals surface area (Å²) in [5, 5.41) is 2.86. The molecular weight excluding hydrogens is 362 g/mol. The van der Waals surface area contributed by atoms with Crippen LogP contribution in [0.15, 0.2) is 59.5 Å². The molecular formula is C20H27N3O3S. The van der Waals surface area contributed by atoms with Crippen LogP contribution in [0.1, 0.15) is 24.2 Å². The third-order valence-corrected chi connectivity index (χ3v) is 6.45. The fourth-order valence-electron chi connectivity index (χ4n) is 2.74. The van der Waals surface area contributed by atoms with Gasteiger partial charge in [-0.1, -0.05) is 32.0 Å². The number of likely N-dealkylation sites (N-methyl/N-ethyl adjacent to an activating group) is 1. The first kappa shape index (κ1) is 20.9. The SMILES string of the molecule is CCN(CC)S(=O)(=O)c1ccc(C(=O)NCCN(C)c2ccccc2)cc1. The van der Waals surface area contributed by atoms with Gasteiger partial charge in [0.15, 0.2) is 0 Å². The Bertz CT molecular complexity index is 833. The van der Waals surface area contributed by atoms with Gasteiger partial charge in [0.2, 0.25) is 10.0 Å². The number of hydrogen-bond donors (Lipinski definition) is 1. The lowest BCUT2D eigenvalue weighted by atomic mass is 10.2. The number of nitrogens with zero attached hydrogens (tertiary/aromatic N) is 2. The van der Waals surface area contributed by atoms with Gasteiger partial charge >= 0.3 is 0 Å². The Morgan fingerprint density at radius 1 is 0.963 bits per heavy atom. The third-order valence-electron chi connectivity index (χ3n) is 4.39. The molecule has 1 amide bonds. The number of rotatable bonds is 9. The van der Waals surface area contributed by atoms with E-state index in [2.05, 4.69) is 10.2 Å². The molecule has 0 bridgehead atoms. The molecule has 0 spiro atoms. The van der Waals surface area contributed by atoms with E-state index < -0.39 is 10.0 Å². The minimum absolute atomic E-state index is 0.201. The molecule has 0 heterocycles. The summed E-state index contributed by atoms with van der Waals surface area (Å²) in [4.78, 5) is 14.5. The molecule has 2 aromatic carbocycles. The molecule has 2 rings (SSSR count). The molecule has 0 saturated carbocycles. The van der Waals surface area contributed by atoms with E-state index in [0.29, 0.717) is 31.7 Å². The lowest BCUT2D eigenvalue weighted by Gasteiger charge is -2.19. The van der Waals surface area contributed by atoms with Gasteiger partial charge in [0.1, 0.15) is 0 Å². The van der Waals surface area contributed by atoms with E-state index in [4.69, 9.17) is 0 Å². The van der Waals surface area contributed by atoms with Crippen molar-refractivity contribution < 1.29 is 13.2 Å². The van der Waals surface area contributed by atoms with Gasteiger partial charge in [-0.2, -0.15) is 4.31 Å². The predicted molar refractivity (Wildman–Crippen MR) is 109 cm³/mol. The second kappa shape index (κ2) is 9.53. The number of benzene rings is 2.